The lowest BCUT2D eigenvalue weighted by Crippen LogP contribution is -2.36. The lowest BCUT2D eigenvalue weighted by molar-refractivity contribution is 0.270. The number of benzene rings is 1. The molecule has 1 saturated heterocycles. The molecule has 6 nitrogen and oxygen atoms in total. The van der Waals surface area contributed by atoms with Crippen LogP contribution in [0.25, 0.3) is 0 Å². The largest absolute Gasteiger partial charge is 0.300 e. The molecule has 0 unspecified atom stereocenters. The van der Waals surface area contributed by atoms with Gasteiger partial charge in [0.2, 0.25) is 10.0 Å². The van der Waals surface area contributed by atoms with Crippen LogP contribution in [-0.2, 0) is 22.3 Å². The Morgan fingerprint density at radius 3 is 2.50 bits per heavy atom. The van der Waals surface area contributed by atoms with E-state index in [0.29, 0.717) is 25.2 Å². The molecule has 1 aliphatic rings. The quantitative estimate of drug-likeness (QED) is 0.741. The SMILES string of the molecule is Cl.O=S(=O)(Cc1ccc(F)cc1)N1CCCN(CCn2cccn2)CC1. The van der Waals surface area contributed by atoms with Crippen molar-refractivity contribution in [2.45, 2.75) is 18.7 Å². The zero-order valence-corrected chi connectivity index (χ0v) is 16.1. The molecule has 26 heavy (non-hydrogen) atoms. The Bertz CT molecular complexity index is 769. The Morgan fingerprint density at radius 1 is 1.04 bits per heavy atom. The highest BCUT2D eigenvalue weighted by Crippen LogP contribution is 2.14. The van der Waals surface area contributed by atoms with Gasteiger partial charge in [-0.3, -0.25) is 4.68 Å². The van der Waals surface area contributed by atoms with Gasteiger partial charge in [-0.05, 0) is 36.7 Å². The van der Waals surface area contributed by atoms with Crippen LogP contribution in [0.15, 0.2) is 42.7 Å². The van der Waals surface area contributed by atoms with Crippen molar-refractivity contribution in [1.82, 2.24) is 19.0 Å². The van der Waals surface area contributed by atoms with Crippen LogP contribution in [0.3, 0.4) is 0 Å². The van der Waals surface area contributed by atoms with Crippen LogP contribution in [0.1, 0.15) is 12.0 Å². The first-order chi connectivity index (χ1) is 12.0. The fraction of sp³-hybridized carbons (Fsp3) is 0.471. The molecular weight excluding hydrogens is 379 g/mol. The zero-order valence-electron chi connectivity index (χ0n) is 14.5. The second-order valence-electron chi connectivity index (χ2n) is 6.25. The summed E-state index contributed by atoms with van der Waals surface area (Å²) < 4.78 is 41.7. The third kappa shape index (κ3) is 5.77. The maximum atomic E-state index is 13.0. The van der Waals surface area contributed by atoms with Gasteiger partial charge in [-0.1, -0.05) is 12.1 Å². The smallest absolute Gasteiger partial charge is 0.218 e. The van der Waals surface area contributed by atoms with Crippen molar-refractivity contribution in [3.05, 3.63) is 54.1 Å². The Balaban J connectivity index is 0.00000243. The van der Waals surface area contributed by atoms with Gasteiger partial charge in [0, 0.05) is 38.6 Å². The summed E-state index contributed by atoms with van der Waals surface area (Å²) in [6, 6.07) is 7.54. The molecule has 9 heteroatoms. The molecular formula is C17H24ClFN4O2S. The van der Waals surface area contributed by atoms with Crippen molar-refractivity contribution >= 4 is 22.4 Å². The van der Waals surface area contributed by atoms with E-state index < -0.39 is 10.0 Å². The minimum Gasteiger partial charge on any atom is -0.300 e. The first kappa shape index (κ1) is 20.8. The third-order valence-electron chi connectivity index (χ3n) is 4.41. The topological polar surface area (TPSA) is 58.4 Å². The molecule has 0 atom stereocenters. The number of aromatic nitrogens is 2. The first-order valence-electron chi connectivity index (χ1n) is 8.45. The van der Waals surface area contributed by atoms with E-state index in [-0.39, 0.29) is 24.0 Å². The van der Waals surface area contributed by atoms with Gasteiger partial charge >= 0.3 is 0 Å². The van der Waals surface area contributed by atoms with Crippen LogP contribution in [0.5, 0.6) is 0 Å². The molecule has 1 aromatic carbocycles. The number of hydrogen-bond acceptors (Lipinski definition) is 4. The summed E-state index contributed by atoms with van der Waals surface area (Å²) in [5.74, 6) is -0.440. The van der Waals surface area contributed by atoms with Crippen molar-refractivity contribution in [3.63, 3.8) is 0 Å². The lowest BCUT2D eigenvalue weighted by Gasteiger charge is -2.21. The Labute approximate surface area is 160 Å². The number of nitrogens with zero attached hydrogens (tertiary/aromatic N) is 4. The van der Waals surface area contributed by atoms with Crippen LogP contribution in [0, 0.1) is 5.82 Å². The highest BCUT2D eigenvalue weighted by atomic mass is 35.5. The summed E-state index contributed by atoms with van der Waals surface area (Å²) in [5.41, 5.74) is 0.612. The van der Waals surface area contributed by atoms with E-state index in [1.54, 1.807) is 10.5 Å². The van der Waals surface area contributed by atoms with E-state index in [2.05, 4.69) is 10.00 Å². The molecule has 2 aromatic rings. The molecule has 3 rings (SSSR count). The highest BCUT2D eigenvalue weighted by molar-refractivity contribution is 7.88. The second kappa shape index (κ2) is 9.45. The summed E-state index contributed by atoms with van der Waals surface area (Å²) in [5, 5.41) is 4.19. The number of halogens is 2. The molecule has 0 bridgehead atoms. The minimum atomic E-state index is -3.39. The van der Waals surface area contributed by atoms with E-state index in [4.69, 9.17) is 0 Å². The predicted molar refractivity (Wildman–Crippen MR) is 101 cm³/mol. The lowest BCUT2D eigenvalue weighted by atomic mass is 10.2. The predicted octanol–water partition coefficient (Wildman–Crippen LogP) is 1.98. The summed E-state index contributed by atoms with van der Waals surface area (Å²) in [4.78, 5) is 2.27. The summed E-state index contributed by atoms with van der Waals surface area (Å²) in [6.45, 7) is 4.26. The van der Waals surface area contributed by atoms with Crippen LogP contribution in [0.2, 0.25) is 0 Å². The van der Waals surface area contributed by atoms with Crippen molar-refractivity contribution in [3.8, 4) is 0 Å². The van der Waals surface area contributed by atoms with Gasteiger partial charge in [-0.25, -0.2) is 17.1 Å². The molecule has 144 valence electrons. The summed E-state index contributed by atoms with van der Waals surface area (Å²) >= 11 is 0. The summed E-state index contributed by atoms with van der Waals surface area (Å²) in [7, 11) is -3.39. The minimum absolute atomic E-state index is 0. The van der Waals surface area contributed by atoms with Gasteiger partial charge in [0.25, 0.3) is 0 Å². The normalized spacial score (nSPS) is 16.8. The molecule has 0 N–H and O–H groups in total. The molecule has 0 radical (unpaired) electrons. The molecule has 0 spiro atoms. The number of rotatable bonds is 6. The molecule has 0 amide bonds. The van der Waals surface area contributed by atoms with Crippen molar-refractivity contribution in [1.29, 1.82) is 0 Å². The van der Waals surface area contributed by atoms with E-state index in [9.17, 15) is 12.8 Å². The van der Waals surface area contributed by atoms with E-state index in [1.165, 1.54) is 24.3 Å². The standard InChI is InChI=1S/C17H23FN4O2S.ClH/c18-17-5-3-16(4-6-17)15-25(23,24)22-10-2-8-20(12-14-22)11-13-21-9-1-7-19-21;/h1,3-7,9H,2,8,10-15H2;1H. The monoisotopic (exact) mass is 402 g/mol. The molecule has 1 aromatic heterocycles. The van der Waals surface area contributed by atoms with Gasteiger partial charge in [0.05, 0.1) is 12.3 Å². The van der Waals surface area contributed by atoms with Crippen LogP contribution in [0.4, 0.5) is 4.39 Å². The summed E-state index contributed by atoms with van der Waals surface area (Å²) in [6.07, 6.45) is 4.49. The van der Waals surface area contributed by atoms with E-state index in [0.717, 1.165) is 26.1 Å². The third-order valence-corrected chi connectivity index (χ3v) is 6.26. The van der Waals surface area contributed by atoms with E-state index in [1.807, 2.05) is 16.9 Å². The van der Waals surface area contributed by atoms with Crippen LogP contribution < -0.4 is 0 Å². The van der Waals surface area contributed by atoms with Crippen molar-refractivity contribution < 1.29 is 12.8 Å². The van der Waals surface area contributed by atoms with Gasteiger partial charge < -0.3 is 4.90 Å². The fourth-order valence-electron chi connectivity index (χ4n) is 3.01. The van der Waals surface area contributed by atoms with Crippen LogP contribution in [-0.4, -0.2) is 60.1 Å². The number of sulfonamides is 1. The van der Waals surface area contributed by atoms with Gasteiger partial charge in [-0.15, -0.1) is 12.4 Å². The molecule has 2 heterocycles. The van der Waals surface area contributed by atoms with Gasteiger partial charge in [0.15, 0.2) is 0 Å². The maximum absolute atomic E-state index is 13.0. The number of hydrogen-bond donors (Lipinski definition) is 0. The van der Waals surface area contributed by atoms with Gasteiger partial charge in [-0.2, -0.15) is 5.10 Å². The average molecular weight is 403 g/mol. The Hall–Kier alpha value is -1.48. The Morgan fingerprint density at radius 2 is 1.81 bits per heavy atom. The Kier molecular flexibility index (Phi) is 7.57. The van der Waals surface area contributed by atoms with Crippen molar-refractivity contribution in [2.24, 2.45) is 0 Å². The van der Waals surface area contributed by atoms with Crippen molar-refractivity contribution in [2.75, 3.05) is 32.7 Å². The maximum Gasteiger partial charge on any atom is 0.218 e. The first-order valence-corrected chi connectivity index (χ1v) is 10.1. The second-order valence-corrected chi connectivity index (χ2v) is 8.21. The molecule has 0 aliphatic carbocycles. The highest BCUT2D eigenvalue weighted by Gasteiger charge is 2.25. The fourth-order valence-corrected chi connectivity index (χ4v) is 4.57. The van der Waals surface area contributed by atoms with Crippen LogP contribution >= 0.6 is 12.4 Å². The average Bonchev–Trinajstić information content (AvgIpc) is 2.98. The molecule has 0 saturated carbocycles. The molecule has 1 aliphatic heterocycles. The van der Waals surface area contributed by atoms with E-state index >= 15 is 0 Å². The zero-order chi connectivity index (χ0) is 17.7. The van der Waals surface area contributed by atoms with Gasteiger partial charge in [0.1, 0.15) is 5.82 Å². The molecule has 1 fully saturated rings.